The van der Waals surface area contributed by atoms with Crippen LogP contribution in [0.1, 0.15) is 26.2 Å². The highest BCUT2D eigenvalue weighted by molar-refractivity contribution is 5.75. The lowest BCUT2D eigenvalue weighted by Gasteiger charge is -2.16. The lowest BCUT2D eigenvalue weighted by Crippen LogP contribution is -2.19. The summed E-state index contributed by atoms with van der Waals surface area (Å²) in [5.41, 5.74) is 0. The van der Waals surface area contributed by atoms with Crippen molar-refractivity contribution in [1.29, 1.82) is 0 Å². The fourth-order valence-corrected chi connectivity index (χ4v) is 1.93. The summed E-state index contributed by atoms with van der Waals surface area (Å²) >= 11 is 0. The highest BCUT2D eigenvalue weighted by Gasteiger charge is 2.13. The van der Waals surface area contributed by atoms with Crippen LogP contribution in [0.25, 0.3) is 0 Å². The Morgan fingerprint density at radius 2 is 2.18 bits per heavy atom. The zero-order valence-corrected chi connectivity index (χ0v) is 10.1. The minimum atomic E-state index is 0.186. The second kappa shape index (κ2) is 5.61. The van der Waals surface area contributed by atoms with E-state index in [9.17, 15) is 4.79 Å². The lowest BCUT2D eigenvalue weighted by molar-refractivity contribution is -0.116. The maximum absolute atomic E-state index is 10.8. The van der Waals surface area contributed by atoms with E-state index in [0.29, 0.717) is 13.0 Å². The summed E-state index contributed by atoms with van der Waals surface area (Å²) in [5.74, 6) is 1.96. The summed E-state index contributed by atoms with van der Waals surface area (Å²) in [6.45, 7) is 4.37. The van der Waals surface area contributed by atoms with Gasteiger partial charge in [-0.3, -0.25) is 4.79 Å². The Hall–Kier alpha value is -1.65. The summed E-state index contributed by atoms with van der Waals surface area (Å²) in [6.07, 6.45) is 4.57. The Balaban J connectivity index is 1.93. The van der Waals surface area contributed by atoms with Crippen LogP contribution in [0.15, 0.2) is 12.4 Å². The third-order valence-electron chi connectivity index (χ3n) is 2.87. The van der Waals surface area contributed by atoms with Crippen molar-refractivity contribution >= 4 is 17.4 Å². The average Bonchev–Trinajstić information content (AvgIpc) is 2.82. The highest BCUT2D eigenvalue weighted by atomic mass is 16.1. The third-order valence-corrected chi connectivity index (χ3v) is 2.87. The molecule has 1 aliphatic rings. The molecule has 5 nitrogen and oxygen atoms in total. The molecule has 0 bridgehead atoms. The number of carbonyl (C=O) groups excluding carboxylic acids is 1. The van der Waals surface area contributed by atoms with Crippen molar-refractivity contribution in [2.24, 2.45) is 0 Å². The summed E-state index contributed by atoms with van der Waals surface area (Å²) in [5, 5.41) is 3.14. The Morgan fingerprint density at radius 1 is 1.41 bits per heavy atom. The Kier molecular flexibility index (Phi) is 3.90. The van der Waals surface area contributed by atoms with Crippen LogP contribution in [0, 0.1) is 0 Å². The number of nitrogens with zero attached hydrogens (tertiary/aromatic N) is 3. The molecule has 1 N–H and O–H groups in total. The molecule has 1 aromatic heterocycles. The van der Waals surface area contributed by atoms with Gasteiger partial charge in [-0.1, -0.05) is 0 Å². The molecule has 0 amide bonds. The zero-order valence-electron chi connectivity index (χ0n) is 10.1. The number of ketones is 1. The molecular formula is C12H18N4O. The van der Waals surface area contributed by atoms with Crippen molar-refractivity contribution in [3.05, 3.63) is 12.4 Å². The summed E-state index contributed by atoms with van der Waals surface area (Å²) in [4.78, 5) is 21.5. The van der Waals surface area contributed by atoms with Crippen LogP contribution in [-0.4, -0.2) is 35.4 Å². The molecule has 1 aromatic rings. The van der Waals surface area contributed by atoms with Gasteiger partial charge in [0.25, 0.3) is 0 Å². The first-order chi connectivity index (χ1) is 8.25. The van der Waals surface area contributed by atoms with Crippen LogP contribution in [0.4, 0.5) is 11.6 Å². The first-order valence-corrected chi connectivity index (χ1v) is 6.06. The molecular weight excluding hydrogens is 216 g/mol. The Morgan fingerprint density at radius 3 is 2.88 bits per heavy atom. The molecule has 92 valence electrons. The van der Waals surface area contributed by atoms with Crippen molar-refractivity contribution in [2.45, 2.75) is 26.2 Å². The van der Waals surface area contributed by atoms with E-state index < -0.39 is 0 Å². The molecule has 0 aliphatic carbocycles. The first-order valence-electron chi connectivity index (χ1n) is 6.06. The second-order valence-corrected chi connectivity index (χ2v) is 4.33. The minimum Gasteiger partial charge on any atom is -0.369 e. The van der Waals surface area contributed by atoms with E-state index in [2.05, 4.69) is 20.2 Å². The molecule has 0 saturated carbocycles. The van der Waals surface area contributed by atoms with Crippen LogP contribution in [0.2, 0.25) is 0 Å². The number of Topliss-reactive ketones (excluding diaryl/α,β-unsaturated/α-hetero) is 1. The number of hydrogen-bond acceptors (Lipinski definition) is 5. The van der Waals surface area contributed by atoms with Gasteiger partial charge in [0, 0.05) is 32.1 Å². The Bertz CT molecular complexity index is 388. The molecule has 1 fully saturated rings. The lowest BCUT2D eigenvalue weighted by atomic mass is 10.3. The SMILES string of the molecule is CC(=O)CCNc1cc(N2CCCC2)ncn1. The monoisotopic (exact) mass is 234 g/mol. The van der Waals surface area contributed by atoms with Crippen molar-refractivity contribution in [2.75, 3.05) is 29.9 Å². The van der Waals surface area contributed by atoms with Gasteiger partial charge in [0.15, 0.2) is 0 Å². The fraction of sp³-hybridized carbons (Fsp3) is 0.583. The number of carbonyl (C=O) groups is 1. The molecule has 0 aromatic carbocycles. The van der Waals surface area contributed by atoms with Gasteiger partial charge in [-0.2, -0.15) is 0 Å². The van der Waals surface area contributed by atoms with E-state index in [1.165, 1.54) is 12.8 Å². The number of anilines is 2. The minimum absolute atomic E-state index is 0.186. The molecule has 0 unspecified atom stereocenters. The molecule has 0 atom stereocenters. The fourth-order valence-electron chi connectivity index (χ4n) is 1.93. The van der Waals surface area contributed by atoms with Crippen LogP contribution in [-0.2, 0) is 4.79 Å². The maximum Gasteiger partial charge on any atom is 0.134 e. The molecule has 17 heavy (non-hydrogen) atoms. The predicted octanol–water partition coefficient (Wildman–Crippen LogP) is 1.47. The zero-order chi connectivity index (χ0) is 12.1. The van der Waals surface area contributed by atoms with Crippen molar-refractivity contribution in [3.8, 4) is 0 Å². The molecule has 0 spiro atoms. The summed E-state index contributed by atoms with van der Waals surface area (Å²) in [6, 6.07) is 1.95. The van der Waals surface area contributed by atoms with E-state index in [0.717, 1.165) is 24.7 Å². The standard InChI is InChI=1S/C12H18N4O/c1-10(17)4-5-13-11-8-12(15-9-14-11)16-6-2-3-7-16/h8-9H,2-7H2,1H3,(H,13,14,15). The van der Waals surface area contributed by atoms with Gasteiger partial charge < -0.3 is 10.2 Å². The summed E-state index contributed by atoms with van der Waals surface area (Å²) in [7, 11) is 0. The van der Waals surface area contributed by atoms with Gasteiger partial charge in [-0.15, -0.1) is 0 Å². The average molecular weight is 234 g/mol. The van der Waals surface area contributed by atoms with Crippen molar-refractivity contribution in [3.63, 3.8) is 0 Å². The number of nitrogens with one attached hydrogen (secondary N) is 1. The van der Waals surface area contributed by atoms with E-state index in [1.807, 2.05) is 6.07 Å². The highest BCUT2D eigenvalue weighted by Crippen LogP contribution is 2.19. The van der Waals surface area contributed by atoms with Gasteiger partial charge >= 0.3 is 0 Å². The van der Waals surface area contributed by atoms with Crippen LogP contribution < -0.4 is 10.2 Å². The van der Waals surface area contributed by atoms with E-state index in [-0.39, 0.29) is 5.78 Å². The van der Waals surface area contributed by atoms with E-state index in [4.69, 9.17) is 0 Å². The largest absolute Gasteiger partial charge is 0.369 e. The summed E-state index contributed by atoms with van der Waals surface area (Å²) < 4.78 is 0. The quantitative estimate of drug-likeness (QED) is 0.836. The second-order valence-electron chi connectivity index (χ2n) is 4.33. The molecule has 1 saturated heterocycles. The number of rotatable bonds is 5. The van der Waals surface area contributed by atoms with Crippen LogP contribution in [0.5, 0.6) is 0 Å². The number of hydrogen-bond donors (Lipinski definition) is 1. The van der Waals surface area contributed by atoms with Gasteiger partial charge in [0.2, 0.25) is 0 Å². The number of aromatic nitrogens is 2. The third kappa shape index (κ3) is 3.41. The van der Waals surface area contributed by atoms with Crippen molar-refractivity contribution in [1.82, 2.24) is 9.97 Å². The van der Waals surface area contributed by atoms with Crippen LogP contribution >= 0.6 is 0 Å². The van der Waals surface area contributed by atoms with Crippen molar-refractivity contribution < 1.29 is 4.79 Å². The molecule has 2 heterocycles. The van der Waals surface area contributed by atoms with E-state index >= 15 is 0 Å². The molecule has 2 rings (SSSR count). The van der Waals surface area contributed by atoms with E-state index in [1.54, 1.807) is 13.3 Å². The molecule has 0 radical (unpaired) electrons. The van der Waals surface area contributed by atoms with Gasteiger partial charge in [0.1, 0.15) is 23.7 Å². The van der Waals surface area contributed by atoms with Gasteiger partial charge in [-0.05, 0) is 19.8 Å². The van der Waals surface area contributed by atoms with Gasteiger partial charge in [0.05, 0.1) is 0 Å². The molecule has 1 aliphatic heterocycles. The first kappa shape index (κ1) is 11.8. The topological polar surface area (TPSA) is 58.1 Å². The van der Waals surface area contributed by atoms with Crippen LogP contribution in [0.3, 0.4) is 0 Å². The van der Waals surface area contributed by atoms with Gasteiger partial charge in [-0.25, -0.2) is 9.97 Å². The maximum atomic E-state index is 10.8. The molecule has 5 heteroatoms. The normalized spacial score (nSPS) is 15.0. The smallest absolute Gasteiger partial charge is 0.134 e. The Labute approximate surface area is 101 Å². The predicted molar refractivity (Wildman–Crippen MR) is 67.3 cm³/mol.